The molecule has 1 aromatic rings. The average Bonchev–Trinajstić information content (AvgIpc) is 2.34. The molecule has 0 aromatic heterocycles. The van der Waals surface area contributed by atoms with E-state index in [0.29, 0.717) is 5.56 Å². The number of hydrogen-bond acceptors (Lipinski definition) is 4. The van der Waals surface area contributed by atoms with Gasteiger partial charge >= 0.3 is 11.9 Å². The Labute approximate surface area is 123 Å². The summed E-state index contributed by atoms with van der Waals surface area (Å²) < 4.78 is 5.30. The highest BCUT2D eigenvalue weighted by molar-refractivity contribution is 7.98. The fourth-order valence-electron chi connectivity index (χ4n) is 1.72. The third-order valence-corrected chi connectivity index (χ3v) is 3.33. The van der Waals surface area contributed by atoms with Gasteiger partial charge in [-0.2, -0.15) is 0 Å². The lowest BCUT2D eigenvalue weighted by molar-refractivity contribution is -0.159. The van der Waals surface area contributed by atoms with Gasteiger partial charge in [0.1, 0.15) is 5.60 Å². The highest BCUT2D eigenvalue weighted by Crippen LogP contribution is 2.26. The molecule has 0 bridgehead atoms. The van der Waals surface area contributed by atoms with Crippen molar-refractivity contribution in [1.29, 1.82) is 0 Å². The molecule has 20 heavy (non-hydrogen) atoms. The number of thioether (sulfide) groups is 1. The summed E-state index contributed by atoms with van der Waals surface area (Å²) in [5.41, 5.74) is 0.0343. The van der Waals surface area contributed by atoms with Crippen LogP contribution in [0.15, 0.2) is 29.2 Å². The number of aliphatic carboxylic acids is 1. The Kier molecular flexibility index (Phi) is 5.62. The zero-order valence-electron chi connectivity index (χ0n) is 12.2. The van der Waals surface area contributed by atoms with Crippen LogP contribution in [0.5, 0.6) is 0 Å². The maximum atomic E-state index is 12.2. The van der Waals surface area contributed by atoms with Crippen LogP contribution in [-0.4, -0.2) is 28.9 Å². The van der Waals surface area contributed by atoms with E-state index in [2.05, 4.69) is 0 Å². The van der Waals surface area contributed by atoms with E-state index in [0.717, 1.165) is 4.90 Å². The summed E-state index contributed by atoms with van der Waals surface area (Å²) in [6.45, 7) is 5.29. The molecule has 0 saturated carbocycles. The van der Waals surface area contributed by atoms with Gasteiger partial charge in [-0.1, -0.05) is 12.1 Å². The van der Waals surface area contributed by atoms with Gasteiger partial charge in [-0.3, -0.25) is 9.59 Å². The summed E-state index contributed by atoms with van der Waals surface area (Å²) in [4.78, 5) is 24.2. The number of carboxylic acid groups (broad SMARTS) is 1. The minimum atomic E-state index is -1.02. The van der Waals surface area contributed by atoms with Crippen LogP contribution in [0.25, 0.3) is 0 Å². The van der Waals surface area contributed by atoms with Gasteiger partial charge in [-0.05, 0) is 44.7 Å². The summed E-state index contributed by atoms with van der Waals surface area (Å²) in [7, 11) is 0. The van der Waals surface area contributed by atoms with E-state index in [4.69, 9.17) is 9.84 Å². The average molecular weight is 296 g/mol. The molecule has 110 valence electrons. The molecule has 0 spiro atoms. The third kappa shape index (κ3) is 5.25. The van der Waals surface area contributed by atoms with Crippen molar-refractivity contribution in [3.05, 3.63) is 29.8 Å². The number of rotatable bonds is 5. The Hall–Kier alpha value is -1.49. The van der Waals surface area contributed by atoms with Crippen molar-refractivity contribution in [2.45, 2.75) is 43.6 Å². The van der Waals surface area contributed by atoms with E-state index in [1.807, 2.05) is 18.4 Å². The maximum absolute atomic E-state index is 12.2. The lowest BCUT2D eigenvalue weighted by atomic mass is 9.95. The number of benzene rings is 1. The van der Waals surface area contributed by atoms with Crippen LogP contribution in [0.1, 0.15) is 38.7 Å². The van der Waals surface area contributed by atoms with Crippen molar-refractivity contribution < 1.29 is 19.4 Å². The first-order valence-corrected chi connectivity index (χ1v) is 7.54. The molecule has 0 amide bonds. The molecule has 0 radical (unpaired) electrons. The van der Waals surface area contributed by atoms with Crippen LogP contribution in [0, 0.1) is 0 Å². The largest absolute Gasteiger partial charge is 0.481 e. The molecule has 0 unspecified atom stereocenters. The summed E-state index contributed by atoms with van der Waals surface area (Å²) in [6.07, 6.45) is 1.69. The highest BCUT2D eigenvalue weighted by Gasteiger charge is 2.28. The van der Waals surface area contributed by atoms with E-state index in [-0.39, 0.29) is 6.42 Å². The van der Waals surface area contributed by atoms with Gasteiger partial charge in [-0.25, -0.2) is 0 Å². The van der Waals surface area contributed by atoms with Gasteiger partial charge in [0, 0.05) is 4.90 Å². The number of carbonyl (C=O) groups is 2. The van der Waals surface area contributed by atoms with Crippen molar-refractivity contribution in [3.63, 3.8) is 0 Å². The van der Waals surface area contributed by atoms with Crippen LogP contribution in [0.2, 0.25) is 0 Å². The van der Waals surface area contributed by atoms with E-state index in [9.17, 15) is 9.59 Å². The lowest BCUT2D eigenvalue weighted by Gasteiger charge is -2.23. The normalized spacial score (nSPS) is 12.8. The van der Waals surface area contributed by atoms with Gasteiger partial charge < -0.3 is 9.84 Å². The van der Waals surface area contributed by atoms with Crippen molar-refractivity contribution in [1.82, 2.24) is 0 Å². The van der Waals surface area contributed by atoms with Gasteiger partial charge in [0.25, 0.3) is 0 Å². The first-order valence-electron chi connectivity index (χ1n) is 6.31. The first-order chi connectivity index (χ1) is 9.23. The topological polar surface area (TPSA) is 63.6 Å². The number of carboxylic acids is 1. The van der Waals surface area contributed by atoms with Crippen molar-refractivity contribution in [3.8, 4) is 0 Å². The molecular formula is C15H20O4S. The summed E-state index contributed by atoms with van der Waals surface area (Å²) in [6, 6.07) is 7.31. The van der Waals surface area contributed by atoms with Gasteiger partial charge in [0.05, 0.1) is 12.3 Å². The van der Waals surface area contributed by atoms with Gasteiger partial charge in [-0.15, -0.1) is 11.8 Å². The predicted octanol–water partition coefficient (Wildman–Crippen LogP) is 3.31. The van der Waals surface area contributed by atoms with Crippen molar-refractivity contribution in [2.75, 3.05) is 6.26 Å². The van der Waals surface area contributed by atoms with E-state index in [1.165, 1.54) is 0 Å². The minimum Gasteiger partial charge on any atom is -0.481 e. The molecule has 0 saturated heterocycles. The third-order valence-electron chi connectivity index (χ3n) is 2.59. The zero-order chi connectivity index (χ0) is 15.3. The second-order valence-corrected chi connectivity index (χ2v) is 6.34. The quantitative estimate of drug-likeness (QED) is 0.667. The lowest BCUT2D eigenvalue weighted by Crippen LogP contribution is -2.28. The molecule has 5 heteroatoms. The minimum absolute atomic E-state index is 0.270. The van der Waals surface area contributed by atoms with Crippen LogP contribution in [-0.2, 0) is 14.3 Å². The standard InChI is InChI=1S/C15H20O4S/c1-15(2,3)19-14(18)12(9-13(16)17)10-5-7-11(20-4)8-6-10/h5-8,12H,9H2,1-4H3,(H,16,17)/t12-/m0/s1. The van der Waals surface area contributed by atoms with Crippen molar-refractivity contribution in [2.24, 2.45) is 0 Å². The number of ether oxygens (including phenoxy) is 1. The Morgan fingerprint density at radius 1 is 1.25 bits per heavy atom. The molecule has 0 heterocycles. The van der Waals surface area contributed by atoms with Crippen molar-refractivity contribution >= 4 is 23.7 Å². The Balaban J connectivity index is 2.98. The summed E-state index contributed by atoms with van der Waals surface area (Å²) in [5.74, 6) is -2.30. The molecule has 1 atom stereocenters. The SMILES string of the molecule is CSc1ccc([C@H](CC(=O)O)C(=O)OC(C)(C)C)cc1. The number of hydrogen-bond donors (Lipinski definition) is 1. The number of carbonyl (C=O) groups excluding carboxylic acids is 1. The molecular weight excluding hydrogens is 276 g/mol. The van der Waals surface area contributed by atoms with Gasteiger partial charge in [0.15, 0.2) is 0 Å². The molecule has 4 nitrogen and oxygen atoms in total. The summed E-state index contributed by atoms with van der Waals surface area (Å²) >= 11 is 1.59. The van der Waals surface area contributed by atoms with Crippen LogP contribution < -0.4 is 0 Å². The summed E-state index contributed by atoms with van der Waals surface area (Å²) in [5, 5.41) is 8.98. The molecule has 1 aromatic carbocycles. The monoisotopic (exact) mass is 296 g/mol. The highest BCUT2D eigenvalue weighted by atomic mass is 32.2. The molecule has 0 aliphatic carbocycles. The fourth-order valence-corrected chi connectivity index (χ4v) is 2.13. The first kappa shape index (κ1) is 16.6. The molecule has 1 rings (SSSR count). The molecule has 0 aliphatic heterocycles. The van der Waals surface area contributed by atoms with Crippen LogP contribution in [0.4, 0.5) is 0 Å². The predicted molar refractivity (Wildman–Crippen MR) is 79.1 cm³/mol. The van der Waals surface area contributed by atoms with Crippen LogP contribution in [0.3, 0.4) is 0 Å². The second kappa shape index (κ2) is 6.79. The van der Waals surface area contributed by atoms with E-state index in [1.54, 1.807) is 44.7 Å². The molecule has 1 N–H and O–H groups in total. The van der Waals surface area contributed by atoms with E-state index < -0.39 is 23.5 Å². The molecule has 0 aliphatic rings. The number of esters is 1. The molecule has 0 fully saturated rings. The van der Waals surface area contributed by atoms with E-state index >= 15 is 0 Å². The van der Waals surface area contributed by atoms with Gasteiger partial charge in [0.2, 0.25) is 0 Å². The Morgan fingerprint density at radius 3 is 2.20 bits per heavy atom. The Morgan fingerprint density at radius 2 is 1.80 bits per heavy atom. The smallest absolute Gasteiger partial charge is 0.314 e. The zero-order valence-corrected chi connectivity index (χ0v) is 13.0. The maximum Gasteiger partial charge on any atom is 0.314 e. The Bertz CT molecular complexity index is 474. The second-order valence-electron chi connectivity index (χ2n) is 5.46. The fraction of sp³-hybridized carbons (Fsp3) is 0.467. The van der Waals surface area contributed by atoms with Crippen LogP contribution >= 0.6 is 11.8 Å².